The molecule has 3 rings (SSSR count). The number of amides is 1. The molecule has 4 nitrogen and oxygen atoms in total. The van der Waals surface area contributed by atoms with Crippen molar-refractivity contribution >= 4 is 23.0 Å². The van der Waals surface area contributed by atoms with Gasteiger partial charge in [-0.2, -0.15) is 0 Å². The van der Waals surface area contributed by atoms with Crippen LogP contribution in [-0.4, -0.2) is 12.5 Å². The van der Waals surface area contributed by atoms with Crippen LogP contribution in [0.25, 0.3) is 0 Å². The Morgan fingerprint density at radius 1 is 1.19 bits per heavy atom. The van der Waals surface area contributed by atoms with Crippen LogP contribution in [0.15, 0.2) is 6.07 Å². The van der Waals surface area contributed by atoms with Gasteiger partial charge in [-0.05, 0) is 30.9 Å². The van der Waals surface area contributed by atoms with E-state index in [4.69, 9.17) is 5.73 Å². The topological polar surface area (TPSA) is 67.2 Å². The molecule has 84 valence electrons. The maximum absolute atomic E-state index is 11.4. The van der Waals surface area contributed by atoms with Gasteiger partial charge in [-0.3, -0.25) is 4.79 Å². The van der Waals surface area contributed by atoms with Crippen LogP contribution in [-0.2, 0) is 17.6 Å². The van der Waals surface area contributed by atoms with Crippen molar-refractivity contribution in [2.45, 2.75) is 25.7 Å². The minimum absolute atomic E-state index is 0.104. The summed E-state index contributed by atoms with van der Waals surface area (Å²) in [6.45, 7) is 0.957. The number of hydrogen-bond donors (Lipinski definition) is 3. The molecule has 16 heavy (non-hydrogen) atoms. The standard InChI is InChI=1S/C12H15N3O/c13-9-6-7-3-4-10(16)15-11(7)12-8(9)2-1-5-14-12/h6,14H,1-5,13H2,(H,15,16). The van der Waals surface area contributed by atoms with Gasteiger partial charge in [0.15, 0.2) is 0 Å². The highest BCUT2D eigenvalue weighted by atomic mass is 16.1. The molecule has 0 bridgehead atoms. The van der Waals surface area contributed by atoms with Crippen LogP contribution in [0.4, 0.5) is 17.1 Å². The third kappa shape index (κ3) is 1.33. The Balaban J connectivity index is 2.18. The fourth-order valence-corrected chi connectivity index (χ4v) is 2.54. The van der Waals surface area contributed by atoms with Crippen LogP contribution < -0.4 is 16.4 Å². The van der Waals surface area contributed by atoms with Gasteiger partial charge in [-0.1, -0.05) is 0 Å². The van der Waals surface area contributed by atoms with E-state index in [2.05, 4.69) is 10.6 Å². The van der Waals surface area contributed by atoms with Crippen molar-refractivity contribution < 1.29 is 4.79 Å². The van der Waals surface area contributed by atoms with Gasteiger partial charge in [0.2, 0.25) is 5.91 Å². The lowest BCUT2D eigenvalue weighted by Gasteiger charge is -2.27. The lowest BCUT2D eigenvalue weighted by molar-refractivity contribution is -0.116. The predicted molar refractivity (Wildman–Crippen MR) is 64.6 cm³/mol. The summed E-state index contributed by atoms with van der Waals surface area (Å²) in [5.74, 6) is 0.104. The highest BCUT2D eigenvalue weighted by molar-refractivity contribution is 5.99. The predicted octanol–water partition coefficient (Wildman–Crippen LogP) is 1.51. The smallest absolute Gasteiger partial charge is 0.224 e. The lowest BCUT2D eigenvalue weighted by atomic mass is 9.93. The van der Waals surface area contributed by atoms with Gasteiger partial charge in [0.1, 0.15) is 0 Å². The van der Waals surface area contributed by atoms with Crippen LogP contribution in [0.5, 0.6) is 0 Å². The number of nitrogens with two attached hydrogens (primary N) is 1. The van der Waals surface area contributed by atoms with E-state index in [0.717, 1.165) is 54.0 Å². The molecule has 1 amide bonds. The molecule has 2 heterocycles. The summed E-state index contributed by atoms with van der Waals surface area (Å²) in [4.78, 5) is 11.4. The quantitative estimate of drug-likeness (QED) is 0.577. The van der Waals surface area contributed by atoms with Gasteiger partial charge < -0.3 is 16.4 Å². The summed E-state index contributed by atoms with van der Waals surface area (Å²) >= 11 is 0. The first-order valence-electron chi connectivity index (χ1n) is 5.73. The average molecular weight is 217 g/mol. The molecule has 0 spiro atoms. The van der Waals surface area contributed by atoms with Crippen LogP contribution in [0.1, 0.15) is 24.0 Å². The SMILES string of the molecule is Nc1cc2c(c3c1CCCN3)NC(=O)CC2. The third-order valence-electron chi connectivity index (χ3n) is 3.34. The maximum Gasteiger partial charge on any atom is 0.224 e. The van der Waals surface area contributed by atoms with Crippen LogP contribution in [0, 0.1) is 0 Å². The van der Waals surface area contributed by atoms with Gasteiger partial charge in [-0.15, -0.1) is 0 Å². The second kappa shape index (κ2) is 3.40. The lowest BCUT2D eigenvalue weighted by Crippen LogP contribution is -2.23. The molecule has 2 aliphatic heterocycles. The molecule has 1 aromatic carbocycles. The molecule has 4 heteroatoms. The van der Waals surface area contributed by atoms with Gasteiger partial charge in [0.05, 0.1) is 11.4 Å². The first-order chi connectivity index (χ1) is 7.75. The first-order valence-corrected chi connectivity index (χ1v) is 5.73. The Hall–Kier alpha value is -1.71. The molecule has 0 unspecified atom stereocenters. The Bertz CT molecular complexity index is 468. The molecular formula is C12H15N3O. The first kappa shape index (κ1) is 9.51. The number of fused-ring (bicyclic) bond motifs is 3. The average Bonchev–Trinajstić information content (AvgIpc) is 2.31. The molecule has 1 aromatic rings. The zero-order valence-electron chi connectivity index (χ0n) is 9.10. The molecule has 0 radical (unpaired) electrons. The number of hydrogen-bond acceptors (Lipinski definition) is 3. The molecular weight excluding hydrogens is 202 g/mol. The molecule has 0 saturated heterocycles. The Labute approximate surface area is 94.2 Å². The van der Waals surface area contributed by atoms with Crippen LogP contribution in [0.3, 0.4) is 0 Å². The normalized spacial score (nSPS) is 18.1. The van der Waals surface area contributed by atoms with E-state index < -0.39 is 0 Å². The van der Waals surface area contributed by atoms with E-state index in [0.29, 0.717) is 6.42 Å². The van der Waals surface area contributed by atoms with E-state index in [1.54, 1.807) is 0 Å². The molecule has 0 aromatic heterocycles. The summed E-state index contributed by atoms with van der Waals surface area (Å²) in [6, 6.07) is 2.01. The Morgan fingerprint density at radius 3 is 2.94 bits per heavy atom. The van der Waals surface area contributed by atoms with Crippen molar-refractivity contribution in [3.63, 3.8) is 0 Å². The number of carbonyl (C=O) groups is 1. The van der Waals surface area contributed by atoms with Crippen molar-refractivity contribution in [1.29, 1.82) is 0 Å². The number of nitrogens with one attached hydrogen (secondary N) is 2. The summed E-state index contributed by atoms with van der Waals surface area (Å²) < 4.78 is 0. The fraction of sp³-hybridized carbons (Fsp3) is 0.417. The van der Waals surface area contributed by atoms with Gasteiger partial charge in [0.25, 0.3) is 0 Å². The molecule has 4 N–H and O–H groups in total. The van der Waals surface area contributed by atoms with E-state index in [1.807, 2.05) is 6.07 Å². The molecule has 0 fully saturated rings. The van der Waals surface area contributed by atoms with Crippen molar-refractivity contribution in [3.05, 3.63) is 17.2 Å². The van der Waals surface area contributed by atoms with Crippen molar-refractivity contribution in [1.82, 2.24) is 0 Å². The van der Waals surface area contributed by atoms with E-state index in [-0.39, 0.29) is 5.91 Å². The van der Waals surface area contributed by atoms with Crippen molar-refractivity contribution in [2.75, 3.05) is 22.9 Å². The highest BCUT2D eigenvalue weighted by Gasteiger charge is 2.23. The number of benzene rings is 1. The Morgan fingerprint density at radius 2 is 2.06 bits per heavy atom. The summed E-state index contributed by atoms with van der Waals surface area (Å²) in [6.07, 6.45) is 3.45. The zero-order chi connectivity index (χ0) is 11.1. The van der Waals surface area contributed by atoms with Crippen LogP contribution in [0.2, 0.25) is 0 Å². The second-order valence-corrected chi connectivity index (χ2v) is 4.43. The second-order valence-electron chi connectivity index (χ2n) is 4.43. The van der Waals surface area contributed by atoms with Crippen molar-refractivity contribution in [2.24, 2.45) is 0 Å². The molecule has 2 aliphatic rings. The minimum Gasteiger partial charge on any atom is -0.398 e. The number of anilines is 3. The van der Waals surface area contributed by atoms with Gasteiger partial charge >= 0.3 is 0 Å². The largest absolute Gasteiger partial charge is 0.398 e. The zero-order valence-corrected chi connectivity index (χ0v) is 9.10. The number of rotatable bonds is 0. The van der Waals surface area contributed by atoms with E-state index in [9.17, 15) is 4.79 Å². The summed E-state index contributed by atoms with van der Waals surface area (Å²) in [5, 5.41) is 6.32. The fourth-order valence-electron chi connectivity index (χ4n) is 2.54. The van der Waals surface area contributed by atoms with E-state index >= 15 is 0 Å². The van der Waals surface area contributed by atoms with Crippen molar-refractivity contribution in [3.8, 4) is 0 Å². The molecule has 0 atom stereocenters. The minimum atomic E-state index is 0.104. The van der Waals surface area contributed by atoms with Gasteiger partial charge in [0, 0.05) is 24.2 Å². The highest BCUT2D eigenvalue weighted by Crippen LogP contribution is 2.39. The number of nitrogen functional groups attached to an aromatic ring is 1. The number of aryl methyl sites for hydroxylation is 1. The number of carbonyl (C=O) groups excluding carboxylic acids is 1. The summed E-state index contributed by atoms with van der Waals surface area (Å²) in [5.41, 5.74) is 11.2. The van der Waals surface area contributed by atoms with E-state index in [1.165, 1.54) is 0 Å². The monoisotopic (exact) mass is 217 g/mol. The molecule has 0 saturated carbocycles. The van der Waals surface area contributed by atoms with Crippen LogP contribution >= 0.6 is 0 Å². The maximum atomic E-state index is 11.4. The molecule has 0 aliphatic carbocycles. The van der Waals surface area contributed by atoms with Gasteiger partial charge in [-0.25, -0.2) is 0 Å². The Kier molecular flexibility index (Phi) is 2.02. The summed E-state index contributed by atoms with van der Waals surface area (Å²) in [7, 11) is 0. The third-order valence-corrected chi connectivity index (χ3v) is 3.34.